The highest BCUT2D eigenvalue weighted by atomic mass is 16.7. The van der Waals surface area contributed by atoms with Gasteiger partial charge in [-0.05, 0) is 64.6 Å². The van der Waals surface area contributed by atoms with Crippen molar-refractivity contribution in [2.75, 3.05) is 0 Å². The van der Waals surface area contributed by atoms with Gasteiger partial charge in [0.05, 0.1) is 11.2 Å². The second-order valence-electron chi connectivity index (χ2n) is 8.17. The average molecular weight is 331 g/mol. The molecule has 0 radical (unpaired) electrons. The zero-order valence-corrected chi connectivity index (χ0v) is 16.2. The van der Waals surface area contributed by atoms with Gasteiger partial charge in [0.1, 0.15) is 0 Å². The lowest BCUT2D eigenvalue weighted by Crippen LogP contribution is -2.41. The third-order valence-electron chi connectivity index (χ3n) is 5.39. The molecule has 1 amide bonds. The smallest absolute Gasteiger partial charge is 0.399 e. The van der Waals surface area contributed by atoms with Crippen molar-refractivity contribution < 1.29 is 14.1 Å². The van der Waals surface area contributed by atoms with Gasteiger partial charge in [-0.1, -0.05) is 26.0 Å². The molecule has 1 saturated heterocycles. The van der Waals surface area contributed by atoms with Gasteiger partial charge in [0, 0.05) is 11.6 Å². The van der Waals surface area contributed by atoms with Crippen LogP contribution in [-0.2, 0) is 9.31 Å². The Morgan fingerprint density at radius 2 is 1.62 bits per heavy atom. The van der Waals surface area contributed by atoms with E-state index in [-0.39, 0.29) is 11.9 Å². The summed E-state index contributed by atoms with van der Waals surface area (Å²) < 4.78 is 12.2. The summed E-state index contributed by atoms with van der Waals surface area (Å²) in [6.45, 7) is 16.3. The van der Waals surface area contributed by atoms with Crippen LogP contribution in [0.3, 0.4) is 0 Å². The van der Waals surface area contributed by atoms with Crippen LogP contribution in [0, 0.1) is 12.8 Å². The molecule has 0 bridgehead atoms. The first-order valence-corrected chi connectivity index (χ1v) is 8.71. The minimum atomic E-state index is -0.454. The Kier molecular flexibility index (Phi) is 5.17. The predicted octanol–water partition coefficient (Wildman–Crippen LogP) is 3.07. The normalized spacial score (nSPS) is 20.3. The molecule has 0 aliphatic carbocycles. The Labute approximate surface area is 146 Å². The highest BCUT2D eigenvalue weighted by Crippen LogP contribution is 2.36. The van der Waals surface area contributed by atoms with Crippen molar-refractivity contribution in [1.82, 2.24) is 5.32 Å². The molecule has 0 aromatic heterocycles. The van der Waals surface area contributed by atoms with Gasteiger partial charge < -0.3 is 14.6 Å². The van der Waals surface area contributed by atoms with Crippen LogP contribution in [0.2, 0.25) is 0 Å². The van der Waals surface area contributed by atoms with Gasteiger partial charge in [0.15, 0.2) is 0 Å². The number of nitrogens with one attached hydrogen (secondary N) is 1. The molecular formula is C19H30BNO3. The number of hydrogen-bond donors (Lipinski definition) is 1. The van der Waals surface area contributed by atoms with Gasteiger partial charge in [-0.2, -0.15) is 0 Å². The van der Waals surface area contributed by atoms with E-state index >= 15 is 0 Å². The number of aryl methyl sites for hydroxylation is 1. The molecule has 0 spiro atoms. The number of carbonyl (C=O) groups excluding carboxylic acids is 1. The molecule has 5 heteroatoms. The van der Waals surface area contributed by atoms with E-state index in [1.54, 1.807) is 0 Å². The topological polar surface area (TPSA) is 47.6 Å². The number of rotatable bonds is 4. The summed E-state index contributed by atoms with van der Waals surface area (Å²) in [7, 11) is -0.454. The second-order valence-corrected chi connectivity index (χ2v) is 8.17. The number of amides is 1. The minimum absolute atomic E-state index is 0.0490. The average Bonchev–Trinajstić information content (AvgIpc) is 2.67. The number of carbonyl (C=O) groups is 1. The summed E-state index contributed by atoms with van der Waals surface area (Å²) in [5.41, 5.74) is 1.72. The molecular weight excluding hydrogens is 301 g/mol. The molecule has 1 aromatic carbocycles. The van der Waals surface area contributed by atoms with Crippen LogP contribution in [0.1, 0.15) is 64.4 Å². The summed E-state index contributed by atoms with van der Waals surface area (Å²) in [6, 6.07) is 5.94. The van der Waals surface area contributed by atoms with Crippen LogP contribution < -0.4 is 10.8 Å². The molecule has 1 unspecified atom stereocenters. The van der Waals surface area contributed by atoms with Crippen molar-refractivity contribution in [2.45, 2.75) is 72.6 Å². The predicted molar refractivity (Wildman–Crippen MR) is 98.7 cm³/mol. The van der Waals surface area contributed by atoms with Crippen LogP contribution in [0.5, 0.6) is 0 Å². The van der Waals surface area contributed by atoms with E-state index in [2.05, 4.69) is 19.2 Å². The van der Waals surface area contributed by atoms with Crippen molar-refractivity contribution in [2.24, 2.45) is 5.92 Å². The third kappa shape index (κ3) is 3.67. The Morgan fingerprint density at radius 3 is 2.12 bits per heavy atom. The van der Waals surface area contributed by atoms with Crippen LogP contribution in [0.4, 0.5) is 0 Å². The van der Waals surface area contributed by atoms with Gasteiger partial charge >= 0.3 is 7.12 Å². The van der Waals surface area contributed by atoms with Gasteiger partial charge in [-0.25, -0.2) is 0 Å². The quantitative estimate of drug-likeness (QED) is 0.863. The molecule has 1 aromatic rings. The molecule has 1 heterocycles. The molecule has 1 N–H and O–H groups in total. The molecule has 24 heavy (non-hydrogen) atoms. The maximum atomic E-state index is 12.6. The molecule has 1 aliphatic rings. The first-order chi connectivity index (χ1) is 10.9. The van der Waals surface area contributed by atoms with E-state index in [1.807, 2.05) is 59.7 Å². The van der Waals surface area contributed by atoms with E-state index in [1.165, 1.54) is 0 Å². The molecule has 1 fully saturated rings. The van der Waals surface area contributed by atoms with Gasteiger partial charge in [-0.15, -0.1) is 0 Å². The maximum absolute atomic E-state index is 12.6. The van der Waals surface area contributed by atoms with Crippen molar-refractivity contribution in [3.8, 4) is 0 Å². The second kappa shape index (κ2) is 6.53. The van der Waals surface area contributed by atoms with Gasteiger partial charge in [0.2, 0.25) is 0 Å². The van der Waals surface area contributed by atoms with Crippen molar-refractivity contribution in [3.63, 3.8) is 0 Å². The van der Waals surface area contributed by atoms with Crippen molar-refractivity contribution in [3.05, 3.63) is 29.3 Å². The molecule has 0 saturated carbocycles. The molecule has 1 aliphatic heterocycles. The van der Waals surface area contributed by atoms with Crippen LogP contribution in [0.25, 0.3) is 0 Å². The lowest BCUT2D eigenvalue weighted by molar-refractivity contribution is 0.00578. The van der Waals surface area contributed by atoms with Crippen LogP contribution in [0.15, 0.2) is 18.2 Å². The van der Waals surface area contributed by atoms with Gasteiger partial charge in [0.25, 0.3) is 5.91 Å². The van der Waals surface area contributed by atoms with E-state index in [0.29, 0.717) is 11.5 Å². The molecule has 132 valence electrons. The Morgan fingerprint density at radius 1 is 1.08 bits per heavy atom. The highest BCUT2D eigenvalue weighted by molar-refractivity contribution is 6.62. The number of benzene rings is 1. The fourth-order valence-corrected chi connectivity index (χ4v) is 2.46. The summed E-state index contributed by atoms with van der Waals surface area (Å²) >= 11 is 0. The van der Waals surface area contributed by atoms with E-state index in [9.17, 15) is 4.79 Å². The zero-order chi connectivity index (χ0) is 18.3. The fraction of sp³-hybridized carbons (Fsp3) is 0.632. The van der Waals surface area contributed by atoms with Crippen LogP contribution >= 0.6 is 0 Å². The standard InChI is InChI=1S/C19H30BNO3/c1-12(2)14(4)21-17(22)16-11-15(10-9-13(16)3)20-23-18(5,6)19(7,8)24-20/h9-12,14H,1-8H3,(H,21,22). The first kappa shape index (κ1) is 19.0. The summed E-state index contributed by atoms with van der Waals surface area (Å²) in [6.07, 6.45) is 0. The molecule has 2 rings (SSSR count). The minimum Gasteiger partial charge on any atom is -0.399 e. The maximum Gasteiger partial charge on any atom is 0.494 e. The van der Waals surface area contributed by atoms with Crippen LogP contribution in [-0.4, -0.2) is 30.3 Å². The van der Waals surface area contributed by atoms with E-state index in [0.717, 1.165) is 11.0 Å². The summed E-state index contributed by atoms with van der Waals surface area (Å²) in [5, 5.41) is 3.07. The molecule has 4 nitrogen and oxygen atoms in total. The highest BCUT2D eigenvalue weighted by Gasteiger charge is 2.51. The Bertz CT molecular complexity index is 609. The lowest BCUT2D eigenvalue weighted by Gasteiger charge is -2.32. The zero-order valence-electron chi connectivity index (χ0n) is 16.2. The molecule has 1 atom stereocenters. The number of hydrogen-bond acceptors (Lipinski definition) is 3. The third-order valence-corrected chi connectivity index (χ3v) is 5.39. The van der Waals surface area contributed by atoms with E-state index < -0.39 is 18.3 Å². The largest absolute Gasteiger partial charge is 0.494 e. The monoisotopic (exact) mass is 331 g/mol. The van der Waals surface area contributed by atoms with Gasteiger partial charge in [-0.3, -0.25) is 4.79 Å². The lowest BCUT2D eigenvalue weighted by atomic mass is 9.77. The SMILES string of the molecule is Cc1ccc(B2OC(C)(C)C(C)(C)O2)cc1C(=O)NC(C)C(C)C. The summed E-state index contributed by atoms with van der Waals surface area (Å²) in [4.78, 5) is 12.6. The fourth-order valence-electron chi connectivity index (χ4n) is 2.46. The first-order valence-electron chi connectivity index (χ1n) is 8.71. The van der Waals surface area contributed by atoms with E-state index in [4.69, 9.17) is 9.31 Å². The Hall–Kier alpha value is -1.33. The van der Waals surface area contributed by atoms with Crippen molar-refractivity contribution in [1.29, 1.82) is 0 Å². The van der Waals surface area contributed by atoms with Crippen molar-refractivity contribution >= 4 is 18.5 Å². The summed E-state index contributed by atoms with van der Waals surface area (Å²) in [5.74, 6) is 0.340. The Balaban J connectivity index is 2.25.